The van der Waals surface area contributed by atoms with Gasteiger partial charge in [0.25, 0.3) is 0 Å². The minimum Gasteiger partial charge on any atom is -0.306 e. The van der Waals surface area contributed by atoms with Gasteiger partial charge in [0.1, 0.15) is 0 Å². The van der Waals surface area contributed by atoms with Gasteiger partial charge < -0.3 is 4.90 Å². The van der Waals surface area contributed by atoms with Crippen LogP contribution in [0.4, 0.5) is 13.2 Å². The molecule has 2 atom stereocenters. The predicted molar refractivity (Wildman–Crippen MR) is 45.5 cm³/mol. The molecule has 78 valence electrons. The van der Waals surface area contributed by atoms with Gasteiger partial charge in [-0.05, 0) is 26.9 Å². The summed E-state index contributed by atoms with van der Waals surface area (Å²) in [6.07, 6.45) is -1.40. The Morgan fingerprint density at radius 1 is 1.08 bits per heavy atom. The third kappa shape index (κ3) is 2.59. The molecule has 1 aliphatic carbocycles. The van der Waals surface area contributed by atoms with Crippen molar-refractivity contribution in [2.75, 3.05) is 14.1 Å². The zero-order valence-electron chi connectivity index (χ0n) is 8.06. The molecule has 0 radical (unpaired) electrons. The predicted octanol–water partition coefficient (Wildman–Crippen LogP) is 2.67. The van der Waals surface area contributed by atoms with Crippen LogP contribution < -0.4 is 0 Å². The van der Waals surface area contributed by atoms with Crippen molar-refractivity contribution in [3.8, 4) is 0 Å². The molecular formula is C9H16F3N. The van der Waals surface area contributed by atoms with Crippen molar-refractivity contribution in [3.05, 3.63) is 0 Å². The Hall–Kier alpha value is -0.250. The van der Waals surface area contributed by atoms with E-state index in [9.17, 15) is 13.2 Å². The third-order valence-corrected chi connectivity index (χ3v) is 2.81. The molecule has 0 aliphatic heterocycles. The minimum atomic E-state index is -4.02. The average molecular weight is 195 g/mol. The van der Waals surface area contributed by atoms with E-state index in [0.717, 1.165) is 6.42 Å². The fourth-order valence-electron chi connectivity index (χ4n) is 2.11. The lowest BCUT2D eigenvalue weighted by Crippen LogP contribution is -2.44. The summed E-state index contributed by atoms with van der Waals surface area (Å²) >= 11 is 0. The zero-order valence-corrected chi connectivity index (χ0v) is 8.06. The van der Waals surface area contributed by atoms with Gasteiger partial charge in [-0.3, -0.25) is 0 Å². The molecule has 0 bridgehead atoms. The van der Waals surface area contributed by atoms with Crippen LogP contribution in [0.15, 0.2) is 0 Å². The Morgan fingerprint density at radius 2 is 1.62 bits per heavy atom. The van der Waals surface area contributed by atoms with Gasteiger partial charge in [0.2, 0.25) is 0 Å². The third-order valence-electron chi connectivity index (χ3n) is 2.81. The second kappa shape index (κ2) is 3.86. The molecule has 0 saturated heterocycles. The van der Waals surface area contributed by atoms with Crippen LogP contribution in [0.1, 0.15) is 25.7 Å². The van der Waals surface area contributed by atoms with Crippen molar-refractivity contribution in [1.82, 2.24) is 4.90 Å². The Bertz CT molecular complexity index is 165. The van der Waals surface area contributed by atoms with Crippen LogP contribution in [0.2, 0.25) is 0 Å². The molecule has 0 unspecified atom stereocenters. The largest absolute Gasteiger partial charge is 0.393 e. The standard InChI is InChI=1S/C9H16F3N/c1-13(2)8-6-4-3-5-7(8)9(10,11)12/h7-8H,3-6H2,1-2H3/t7-,8+/m1/s1. The second-order valence-electron chi connectivity index (χ2n) is 3.96. The summed E-state index contributed by atoms with van der Waals surface area (Å²) < 4.78 is 37.6. The fraction of sp³-hybridized carbons (Fsp3) is 1.00. The number of nitrogens with zero attached hydrogens (tertiary/aromatic N) is 1. The molecule has 0 N–H and O–H groups in total. The van der Waals surface area contributed by atoms with E-state index in [0.29, 0.717) is 19.3 Å². The van der Waals surface area contributed by atoms with Gasteiger partial charge >= 0.3 is 6.18 Å². The van der Waals surface area contributed by atoms with Gasteiger partial charge in [0.15, 0.2) is 0 Å². The smallest absolute Gasteiger partial charge is 0.306 e. The van der Waals surface area contributed by atoms with Gasteiger partial charge in [-0.25, -0.2) is 0 Å². The monoisotopic (exact) mass is 195 g/mol. The molecule has 1 nitrogen and oxygen atoms in total. The Balaban J connectivity index is 2.67. The van der Waals surface area contributed by atoms with Crippen LogP contribution >= 0.6 is 0 Å². The van der Waals surface area contributed by atoms with Crippen LogP contribution in [0.3, 0.4) is 0 Å². The molecule has 13 heavy (non-hydrogen) atoms. The maximum absolute atomic E-state index is 12.5. The van der Waals surface area contributed by atoms with Crippen LogP contribution in [0, 0.1) is 5.92 Å². The van der Waals surface area contributed by atoms with E-state index >= 15 is 0 Å². The molecule has 0 aromatic rings. The molecule has 0 amide bonds. The Morgan fingerprint density at radius 3 is 2.00 bits per heavy atom. The molecular weight excluding hydrogens is 179 g/mol. The van der Waals surface area contributed by atoms with E-state index in [2.05, 4.69) is 0 Å². The normalized spacial score (nSPS) is 30.9. The molecule has 1 rings (SSSR count). The highest BCUT2D eigenvalue weighted by Gasteiger charge is 2.45. The molecule has 4 heteroatoms. The summed E-state index contributed by atoms with van der Waals surface area (Å²) in [5.74, 6) is -1.11. The first kappa shape index (κ1) is 10.8. The van der Waals surface area contributed by atoms with Crippen molar-refractivity contribution in [2.24, 2.45) is 5.92 Å². The molecule has 0 aromatic carbocycles. The van der Waals surface area contributed by atoms with Crippen molar-refractivity contribution in [2.45, 2.75) is 37.9 Å². The van der Waals surface area contributed by atoms with Crippen LogP contribution in [0.5, 0.6) is 0 Å². The summed E-state index contributed by atoms with van der Waals surface area (Å²) in [4.78, 5) is 1.71. The Kier molecular flexibility index (Phi) is 3.22. The van der Waals surface area contributed by atoms with E-state index in [1.807, 2.05) is 0 Å². The number of hydrogen-bond acceptors (Lipinski definition) is 1. The van der Waals surface area contributed by atoms with E-state index in [-0.39, 0.29) is 6.04 Å². The van der Waals surface area contributed by atoms with Gasteiger partial charge in [0.05, 0.1) is 5.92 Å². The first-order valence-corrected chi connectivity index (χ1v) is 4.66. The maximum Gasteiger partial charge on any atom is 0.393 e. The summed E-state index contributed by atoms with van der Waals surface area (Å²) in [5.41, 5.74) is 0. The topological polar surface area (TPSA) is 3.24 Å². The van der Waals surface area contributed by atoms with E-state index in [4.69, 9.17) is 0 Å². The van der Waals surface area contributed by atoms with Gasteiger partial charge in [0, 0.05) is 6.04 Å². The van der Waals surface area contributed by atoms with E-state index < -0.39 is 12.1 Å². The summed E-state index contributed by atoms with van der Waals surface area (Å²) in [7, 11) is 3.46. The van der Waals surface area contributed by atoms with Gasteiger partial charge in [-0.2, -0.15) is 13.2 Å². The van der Waals surface area contributed by atoms with E-state index in [1.165, 1.54) is 0 Å². The first-order chi connectivity index (χ1) is 5.93. The molecule has 1 aliphatic rings. The first-order valence-electron chi connectivity index (χ1n) is 4.66. The molecule has 1 saturated carbocycles. The highest BCUT2D eigenvalue weighted by atomic mass is 19.4. The summed E-state index contributed by atoms with van der Waals surface area (Å²) in [6.45, 7) is 0. The lowest BCUT2D eigenvalue weighted by Gasteiger charge is -2.37. The number of rotatable bonds is 1. The van der Waals surface area contributed by atoms with Crippen LogP contribution in [-0.4, -0.2) is 31.2 Å². The lowest BCUT2D eigenvalue weighted by atomic mass is 9.83. The van der Waals surface area contributed by atoms with Crippen LogP contribution in [-0.2, 0) is 0 Å². The van der Waals surface area contributed by atoms with Crippen molar-refractivity contribution >= 4 is 0 Å². The molecule has 0 aromatic heterocycles. The minimum absolute atomic E-state index is 0.298. The maximum atomic E-state index is 12.5. The number of alkyl halides is 3. The molecule has 0 spiro atoms. The SMILES string of the molecule is CN(C)[C@H]1CCCC[C@H]1C(F)(F)F. The van der Waals surface area contributed by atoms with Gasteiger partial charge in [-0.1, -0.05) is 12.8 Å². The van der Waals surface area contributed by atoms with Crippen molar-refractivity contribution in [1.29, 1.82) is 0 Å². The fourth-order valence-corrected chi connectivity index (χ4v) is 2.11. The van der Waals surface area contributed by atoms with E-state index in [1.54, 1.807) is 19.0 Å². The summed E-state index contributed by atoms with van der Waals surface area (Å²) in [5, 5.41) is 0. The van der Waals surface area contributed by atoms with Crippen molar-refractivity contribution in [3.63, 3.8) is 0 Å². The Labute approximate surface area is 76.9 Å². The molecule has 0 heterocycles. The number of halogens is 3. The van der Waals surface area contributed by atoms with Gasteiger partial charge in [-0.15, -0.1) is 0 Å². The number of hydrogen-bond donors (Lipinski definition) is 0. The quantitative estimate of drug-likeness (QED) is 0.621. The highest BCUT2D eigenvalue weighted by molar-refractivity contribution is 4.85. The van der Waals surface area contributed by atoms with Crippen molar-refractivity contribution < 1.29 is 13.2 Å². The second-order valence-corrected chi connectivity index (χ2v) is 3.96. The van der Waals surface area contributed by atoms with Crippen LogP contribution in [0.25, 0.3) is 0 Å². The average Bonchev–Trinajstić information content (AvgIpc) is 2.03. The summed E-state index contributed by atoms with van der Waals surface area (Å²) in [6, 6.07) is -0.311. The highest BCUT2D eigenvalue weighted by Crippen LogP contribution is 2.39. The molecule has 1 fully saturated rings. The lowest BCUT2D eigenvalue weighted by molar-refractivity contribution is -0.196. The zero-order chi connectivity index (χ0) is 10.1.